The molecule has 0 aliphatic carbocycles. The highest BCUT2D eigenvalue weighted by Gasteiger charge is 2.20. The first-order valence-electron chi connectivity index (χ1n) is 10.7. The highest BCUT2D eigenvalue weighted by molar-refractivity contribution is 5.94. The summed E-state index contributed by atoms with van der Waals surface area (Å²) in [6.45, 7) is 4.18. The predicted octanol–water partition coefficient (Wildman–Crippen LogP) is 3.36. The third kappa shape index (κ3) is 7.26. The lowest BCUT2D eigenvalue weighted by Crippen LogP contribution is -2.40. The van der Waals surface area contributed by atoms with Crippen LogP contribution in [-0.4, -0.2) is 42.9 Å². The molecule has 1 unspecified atom stereocenters. The number of piperidine rings is 1. The number of benzene rings is 2. The number of rotatable bonds is 9. The summed E-state index contributed by atoms with van der Waals surface area (Å²) >= 11 is 0. The SMILES string of the molecule is O=C(CCCNC(=O)c1ccc(F)cc1)NCC1CCCN(Cc2ccccc2)C1. The van der Waals surface area contributed by atoms with E-state index in [0.29, 0.717) is 37.4 Å². The van der Waals surface area contributed by atoms with Gasteiger partial charge in [0.05, 0.1) is 0 Å². The van der Waals surface area contributed by atoms with Crippen molar-refractivity contribution in [3.63, 3.8) is 0 Å². The Hall–Kier alpha value is -2.73. The molecule has 3 rings (SSSR count). The lowest BCUT2D eigenvalue weighted by atomic mass is 9.97. The number of halogens is 1. The number of hydrogen-bond donors (Lipinski definition) is 2. The van der Waals surface area contributed by atoms with E-state index in [2.05, 4.69) is 39.8 Å². The molecule has 2 amide bonds. The molecule has 2 N–H and O–H groups in total. The van der Waals surface area contributed by atoms with Crippen molar-refractivity contribution in [3.8, 4) is 0 Å². The van der Waals surface area contributed by atoms with E-state index in [4.69, 9.17) is 0 Å². The van der Waals surface area contributed by atoms with Gasteiger partial charge in [-0.25, -0.2) is 4.39 Å². The zero-order chi connectivity index (χ0) is 21.2. The minimum absolute atomic E-state index is 0.0196. The van der Waals surface area contributed by atoms with Gasteiger partial charge in [-0.3, -0.25) is 14.5 Å². The minimum atomic E-state index is -0.371. The highest BCUT2D eigenvalue weighted by Crippen LogP contribution is 2.18. The van der Waals surface area contributed by atoms with Crippen LogP contribution in [0.15, 0.2) is 54.6 Å². The molecule has 30 heavy (non-hydrogen) atoms. The second-order valence-corrected chi connectivity index (χ2v) is 7.90. The van der Waals surface area contributed by atoms with E-state index < -0.39 is 0 Å². The predicted molar refractivity (Wildman–Crippen MR) is 115 cm³/mol. The molecule has 1 saturated heterocycles. The van der Waals surface area contributed by atoms with Gasteiger partial charge in [0.2, 0.25) is 5.91 Å². The van der Waals surface area contributed by atoms with Crippen LogP contribution in [0.2, 0.25) is 0 Å². The van der Waals surface area contributed by atoms with Gasteiger partial charge in [-0.2, -0.15) is 0 Å². The lowest BCUT2D eigenvalue weighted by Gasteiger charge is -2.32. The van der Waals surface area contributed by atoms with Crippen molar-refractivity contribution in [1.82, 2.24) is 15.5 Å². The quantitative estimate of drug-likeness (QED) is 0.622. The topological polar surface area (TPSA) is 61.4 Å². The van der Waals surface area contributed by atoms with Crippen LogP contribution in [0.1, 0.15) is 41.6 Å². The van der Waals surface area contributed by atoms with Crippen molar-refractivity contribution in [2.75, 3.05) is 26.2 Å². The number of carbonyl (C=O) groups excluding carboxylic acids is 2. The maximum atomic E-state index is 12.9. The first-order valence-corrected chi connectivity index (χ1v) is 10.7. The molecule has 2 aromatic rings. The standard InChI is InChI=1S/C24H30FN3O2/c25-22-12-10-21(11-13-22)24(30)26-14-4-9-23(29)27-16-20-8-5-15-28(18-20)17-19-6-2-1-3-7-19/h1-3,6-7,10-13,20H,4-5,8-9,14-18H2,(H,26,30)(H,27,29). The minimum Gasteiger partial charge on any atom is -0.356 e. The van der Waals surface area contributed by atoms with Gasteiger partial charge in [-0.1, -0.05) is 30.3 Å². The van der Waals surface area contributed by atoms with Crippen molar-refractivity contribution in [2.24, 2.45) is 5.92 Å². The first-order chi connectivity index (χ1) is 14.6. The molecule has 0 bridgehead atoms. The van der Waals surface area contributed by atoms with Gasteiger partial charge < -0.3 is 10.6 Å². The summed E-state index contributed by atoms with van der Waals surface area (Å²) in [5.41, 5.74) is 1.74. The fraction of sp³-hybridized carbons (Fsp3) is 0.417. The van der Waals surface area contributed by atoms with Gasteiger partial charge in [0, 0.05) is 38.2 Å². The molecule has 1 atom stereocenters. The van der Waals surface area contributed by atoms with E-state index in [1.165, 1.54) is 29.8 Å². The third-order valence-electron chi connectivity index (χ3n) is 5.41. The molecule has 0 spiro atoms. The number of hydrogen-bond acceptors (Lipinski definition) is 3. The third-order valence-corrected chi connectivity index (χ3v) is 5.41. The average Bonchev–Trinajstić information content (AvgIpc) is 2.76. The van der Waals surface area contributed by atoms with E-state index in [0.717, 1.165) is 32.5 Å². The molecule has 2 aromatic carbocycles. The van der Waals surface area contributed by atoms with Gasteiger partial charge in [0.15, 0.2) is 0 Å². The Balaban J connectivity index is 1.29. The number of likely N-dealkylation sites (tertiary alicyclic amines) is 1. The van der Waals surface area contributed by atoms with Crippen molar-refractivity contribution < 1.29 is 14.0 Å². The second-order valence-electron chi connectivity index (χ2n) is 7.90. The summed E-state index contributed by atoms with van der Waals surface area (Å²) < 4.78 is 12.9. The summed E-state index contributed by atoms with van der Waals surface area (Å²) in [5, 5.41) is 5.80. The van der Waals surface area contributed by atoms with E-state index in [1.807, 2.05) is 6.07 Å². The molecule has 5 nitrogen and oxygen atoms in total. The zero-order valence-electron chi connectivity index (χ0n) is 17.3. The van der Waals surface area contributed by atoms with E-state index in [-0.39, 0.29) is 17.6 Å². The summed E-state index contributed by atoms with van der Waals surface area (Å²) in [6, 6.07) is 15.9. The normalized spacial score (nSPS) is 16.8. The fourth-order valence-corrected chi connectivity index (χ4v) is 3.80. The Morgan fingerprint density at radius 2 is 1.80 bits per heavy atom. The summed E-state index contributed by atoms with van der Waals surface area (Å²) in [7, 11) is 0. The van der Waals surface area contributed by atoms with Gasteiger partial charge >= 0.3 is 0 Å². The van der Waals surface area contributed by atoms with E-state index in [1.54, 1.807) is 0 Å². The fourth-order valence-electron chi connectivity index (χ4n) is 3.80. The van der Waals surface area contributed by atoms with E-state index >= 15 is 0 Å². The monoisotopic (exact) mass is 411 g/mol. The van der Waals surface area contributed by atoms with Crippen LogP contribution in [-0.2, 0) is 11.3 Å². The number of nitrogens with one attached hydrogen (secondary N) is 2. The van der Waals surface area contributed by atoms with Gasteiger partial charge in [0.1, 0.15) is 5.82 Å². The van der Waals surface area contributed by atoms with E-state index in [9.17, 15) is 14.0 Å². The molecule has 1 aliphatic heterocycles. The van der Waals surface area contributed by atoms with Crippen LogP contribution in [0, 0.1) is 11.7 Å². The summed E-state index contributed by atoms with van der Waals surface area (Å²) in [6.07, 6.45) is 3.25. The molecular weight excluding hydrogens is 381 g/mol. The smallest absolute Gasteiger partial charge is 0.251 e. The zero-order valence-corrected chi connectivity index (χ0v) is 17.3. The van der Waals surface area contributed by atoms with Gasteiger partial charge in [0.25, 0.3) is 5.91 Å². The Morgan fingerprint density at radius 3 is 2.57 bits per heavy atom. The first kappa shape index (κ1) is 22.0. The molecule has 1 fully saturated rings. The van der Waals surface area contributed by atoms with Crippen molar-refractivity contribution >= 4 is 11.8 Å². The molecule has 1 aliphatic rings. The Morgan fingerprint density at radius 1 is 1.03 bits per heavy atom. The molecular formula is C24H30FN3O2. The summed E-state index contributed by atoms with van der Waals surface area (Å²) in [4.78, 5) is 26.5. The Kier molecular flexibility index (Phi) is 8.39. The van der Waals surface area contributed by atoms with Crippen molar-refractivity contribution in [2.45, 2.75) is 32.2 Å². The van der Waals surface area contributed by atoms with Crippen LogP contribution < -0.4 is 10.6 Å². The van der Waals surface area contributed by atoms with Crippen molar-refractivity contribution in [1.29, 1.82) is 0 Å². The van der Waals surface area contributed by atoms with Crippen molar-refractivity contribution in [3.05, 3.63) is 71.5 Å². The second kappa shape index (κ2) is 11.5. The lowest BCUT2D eigenvalue weighted by molar-refractivity contribution is -0.121. The molecule has 160 valence electrons. The number of nitrogens with zero attached hydrogens (tertiary/aromatic N) is 1. The number of carbonyl (C=O) groups is 2. The molecule has 1 heterocycles. The molecule has 0 aromatic heterocycles. The maximum absolute atomic E-state index is 12.9. The Labute approximate surface area is 177 Å². The van der Waals surface area contributed by atoms with Gasteiger partial charge in [-0.05, 0) is 61.6 Å². The van der Waals surface area contributed by atoms with Crippen LogP contribution in [0.5, 0.6) is 0 Å². The average molecular weight is 412 g/mol. The highest BCUT2D eigenvalue weighted by atomic mass is 19.1. The maximum Gasteiger partial charge on any atom is 0.251 e. The van der Waals surface area contributed by atoms with Crippen LogP contribution in [0.25, 0.3) is 0 Å². The summed E-state index contributed by atoms with van der Waals surface area (Å²) in [5.74, 6) is -0.128. The largest absolute Gasteiger partial charge is 0.356 e. The van der Waals surface area contributed by atoms with Gasteiger partial charge in [-0.15, -0.1) is 0 Å². The molecule has 0 saturated carbocycles. The van der Waals surface area contributed by atoms with Crippen LogP contribution in [0.3, 0.4) is 0 Å². The molecule has 0 radical (unpaired) electrons. The van der Waals surface area contributed by atoms with Crippen LogP contribution >= 0.6 is 0 Å². The van der Waals surface area contributed by atoms with Crippen LogP contribution in [0.4, 0.5) is 4.39 Å². The molecule has 6 heteroatoms. The number of amides is 2. The Bertz CT molecular complexity index is 811.